The number of carbonyl (C=O) groups is 2. The molecule has 4 aliphatic rings. The number of aliphatic hydroxyl groups is 1. The highest BCUT2D eigenvalue weighted by Crippen LogP contribution is 2.52. The molecule has 162 valence electrons. The van der Waals surface area contributed by atoms with Gasteiger partial charge in [-0.1, -0.05) is 38.3 Å². The number of fused-ring (bicyclic) bond motifs is 1. The largest absolute Gasteiger partial charge is 0.380 e. The monoisotopic (exact) mass is 410 g/mol. The van der Waals surface area contributed by atoms with Gasteiger partial charge in [0.1, 0.15) is 5.60 Å². The lowest BCUT2D eigenvalue weighted by Gasteiger charge is -2.35. The van der Waals surface area contributed by atoms with Gasteiger partial charge in [0, 0.05) is 31.7 Å². The summed E-state index contributed by atoms with van der Waals surface area (Å²) in [7, 11) is 0. The second-order valence-electron chi connectivity index (χ2n) is 10.1. The molecule has 4 unspecified atom stereocenters. The topological polar surface area (TPSA) is 60.9 Å². The average Bonchev–Trinajstić information content (AvgIpc) is 3.46. The molecule has 0 spiro atoms. The van der Waals surface area contributed by atoms with Gasteiger partial charge in [0.25, 0.3) is 11.8 Å². The summed E-state index contributed by atoms with van der Waals surface area (Å²) < 4.78 is 0. The van der Waals surface area contributed by atoms with Crippen molar-refractivity contribution in [2.45, 2.75) is 63.4 Å². The van der Waals surface area contributed by atoms with E-state index in [0.29, 0.717) is 44.9 Å². The highest BCUT2D eigenvalue weighted by atomic mass is 16.3. The second kappa shape index (κ2) is 7.67. The maximum Gasteiger partial charge on any atom is 0.254 e. The molecule has 2 amide bonds. The van der Waals surface area contributed by atoms with Crippen LogP contribution in [0.15, 0.2) is 24.3 Å². The van der Waals surface area contributed by atoms with Crippen LogP contribution in [0.25, 0.3) is 0 Å². The summed E-state index contributed by atoms with van der Waals surface area (Å²) in [6.45, 7) is 4.51. The van der Waals surface area contributed by atoms with Crippen molar-refractivity contribution in [3.05, 3.63) is 35.4 Å². The predicted octanol–water partition coefficient (Wildman–Crippen LogP) is 3.43. The highest BCUT2D eigenvalue weighted by Gasteiger charge is 2.50. The maximum absolute atomic E-state index is 13.0. The van der Waals surface area contributed by atoms with Crippen LogP contribution in [0.2, 0.25) is 0 Å². The van der Waals surface area contributed by atoms with Gasteiger partial charge in [-0.05, 0) is 67.1 Å². The molecule has 1 heterocycles. The number of hydrogen-bond acceptors (Lipinski definition) is 3. The molecule has 0 radical (unpaired) electrons. The lowest BCUT2D eigenvalue weighted by Crippen LogP contribution is -2.53. The summed E-state index contributed by atoms with van der Waals surface area (Å²) in [5.41, 5.74) is 1.01. The van der Waals surface area contributed by atoms with E-state index < -0.39 is 5.60 Å². The van der Waals surface area contributed by atoms with Gasteiger partial charge in [-0.3, -0.25) is 9.59 Å². The van der Waals surface area contributed by atoms with E-state index in [9.17, 15) is 14.7 Å². The maximum atomic E-state index is 13.0. The van der Waals surface area contributed by atoms with Gasteiger partial charge in [0.2, 0.25) is 0 Å². The summed E-state index contributed by atoms with van der Waals surface area (Å²) >= 11 is 0. The first-order chi connectivity index (χ1) is 14.5. The molecule has 1 aromatic carbocycles. The van der Waals surface area contributed by atoms with Crippen LogP contribution in [0.1, 0.15) is 73.7 Å². The predicted molar refractivity (Wildman–Crippen MR) is 115 cm³/mol. The Balaban J connectivity index is 1.20. The van der Waals surface area contributed by atoms with Crippen LogP contribution in [0.5, 0.6) is 0 Å². The molecule has 30 heavy (non-hydrogen) atoms. The Hall–Kier alpha value is -1.88. The van der Waals surface area contributed by atoms with E-state index in [4.69, 9.17) is 0 Å². The third kappa shape index (κ3) is 3.55. The second-order valence-corrected chi connectivity index (χ2v) is 10.1. The molecular formula is C25H34N2O3. The molecule has 1 aromatic rings. The van der Waals surface area contributed by atoms with Crippen LogP contribution in [0.3, 0.4) is 0 Å². The zero-order valence-electron chi connectivity index (χ0n) is 18.1. The fraction of sp³-hybridized carbons (Fsp3) is 0.680. The van der Waals surface area contributed by atoms with Gasteiger partial charge in [-0.15, -0.1) is 0 Å². The van der Waals surface area contributed by atoms with Crippen LogP contribution in [-0.4, -0.2) is 58.5 Å². The van der Waals surface area contributed by atoms with Gasteiger partial charge in [0.15, 0.2) is 0 Å². The first-order valence-electron chi connectivity index (χ1n) is 11.9. The van der Waals surface area contributed by atoms with E-state index in [1.165, 1.54) is 37.7 Å². The van der Waals surface area contributed by atoms with E-state index in [2.05, 4.69) is 19.1 Å². The first-order valence-corrected chi connectivity index (χ1v) is 11.9. The lowest BCUT2D eigenvalue weighted by molar-refractivity contribution is -0.143. The van der Waals surface area contributed by atoms with Crippen LogP contribution < -0.4 is 0 Å². The lowest BCUT2D eigenvalue weighted by atomic mass is 9.78. The third-order valence-electron chi connectivity index (χ3n) is 8.40. The minimum atomic E-state index is -1.11. The van der Waals surface area contributed by atoms with Gasteiger partial charge < -0.3 is 14.9 Å². The van der Waals surface area contributed by atoms with Crippen molar-refractivity contribution in [2.75, 3.05) is 26.2 Å². The molecule has 5 heteroatoms. The van der Waals surface area contributed by atoms with Crippen LogP contribution in [0.4, 0.5) is 0 Å². The minimum absolute atomic E-state index is 0.0481. The summed E-state index contributed by atoms with van der Waals surface area (Å²) in [5.74, 6) is 3.04. The van der Waals surface area contributed by atoms with Crippen LogP contribution in [0, 0.1) is 17.8 Å². The fourth-order valence-corrected chi connectivity index (χ4v) is 6.29. The molecule has 0 aromatic heterocycles. The number of nitrogens with zero attached hydrogens (tertiary/aromatic N) is 2. The Kier molecular flexibility index (Phi) is 5.12. The molecule has 4 atom stereocenters. The highest BCUT2D eigenvalue weighted by molar-refractivity contribution is 5.94. The van der Waals surface area contributed by atoms with Crippen molar-refractivity contribution >= 4 is 11.8 Å². The van der Waals surface area contributed by atoms with Crippen LogP contribution >= 0.6 is 0 Å². The van der Waals surface area contributed by atoms with E-state index in [-0.39, 0.29) is 11.8 Å². The van der Waals surface area contributed by atoms with Crippen molar-refractivity contribution < 1.29 is 14.7 Å². The summed E-state index contributed by atoms with van der Waals surface area (Å²) in [4.78, 5) is 28.8. The number of hydrogen-bond donors (Lipinski definition) is 1. The Morgan fingerprint density at radius 1 is 0.967 bits per heavy atom. The van der Waals surface area contributed by atoms with Gasteiger partial charge in [-0.2, -0.15) is 0 Å². The molecule has 1 N–H and O–H groups in total. The molecule has 5 nitrogen and oxygen atoms in total. The molecule has 5 rings (SSSR count). The zero-order chi connectivity index (χ0) is 20.9. The Labute approximate surface area is 179 Å². The van der Waals surface area contributed by atoms with E-state index in [1.807, 2.05) is 17.0 Å². The Bertz CT molecular complexity index is 808. The Morgan fingerprint density at radius 2 is 1.60 bits per heavy atom. The van der Waals surface area contributed by atoms with Gasteiger partial charge in [-0.25, -0.2) is 0 Å². The smallest absolute Gasteiger partial charge is 0.254 e. The van der Waals surface area contributed by atoms with E-state index >= 15 is 0 Å². The van der Waals surface area contributed by atoms with Crippen LogP contribution in [-0.2, 0) is 4.79 Å². The molecule has 4 fully saturated rings. The number of rotatable bonds is 3. The number of carbonyl (C=O) groups excluding carboxylic acids is 2. The SMILES string of the molecule is CC1C(c2ccc(C(=O)N3CCN(C(=O)C4(O)CC4)CC3)cc2)CC2CCCCC21. The van der Waals surface area contributed by atoms with E-state index in [1.54, 1.807) is 4.90 Å². The molecule has 1 aliphatic heterocycles. The van der Waals surface area contributed by atoms with E-state index in [0.717, 1.165) is 23.3 Å². The first kappa shape index (κ1) is 20.0. The quantitative estimate of drug-likeness (QED) is 0.831. The third-order valence-corrected chi connectivity index (χ3v) is 8.40. The number of piperazine rings is 1. The molecular weight excluding hydrogens is 376 g/mol. The van der Waals surface area contributed by atoms with Gasteiger partial charge >= 0.3 is 0 Å². The Morgan fingerprint density at radius 3 is 2.23 bits per heavy atom. The summed E-state index contributed by atoms with van der Waals surface area (Å²) in [6.07, 6.45) is 8.02. The molecule has 1 saturated heterocycles. The summed E-state index contributed by atoms with van der Waals surface area (Å²) in [6, 6.07) is 8.34. The minimum Gasteiger partial charge on any atom is -0.380 e. The standard InChI is InChI=1S/C25H34N2O3/c1-17-21-5-3-2-4-20(21)16-22(17)18-6-8-19(9-7-18)23(28)26-12-14-27(15-13-26)24(29)25(30)10-11-25/h6-9,17,20-22,30H,2-5,10-16H2,1H3. The normalized spacial score (nSPS) is 32.6. The summed E-state index contributed by atoms with van der Waals surface area (Å²) in [5, 5.41) is 10.0. The zero-order valence-corrected chi connectivity index (χ0v) is 18.1. The van der Waals surface area contributed by atoms with Crippen molar-refractivity contribution in [2.24, 2.45) is 17.8 Å². The average molecular weight is 411 g/mol. The molecule has 3 saturated carbocycles. The van der Waals surface area contributed by atoms with Crippen molar-refractivity contribution in [1.82, 2.24) is 9.80 Å². The fourth-order valence-electron chi connectivity index (χ4n) is 6.29. The van der Waals surface area contributed by atoms with Crippen molar-refractivity contribution in [3.8, 4) is 0 Å². The van der Waals surface area contributed by atoms with Crippen molar-refractivity contribution in [3.63, 3.8) is 0 Å². The van der Waals surface area contributed by atoms with Crippen molar-refractivity contribution in [1.29, 1.82) is 0 Å². The number of benzene rings is 1. The van der Waals surface area contributed by atoms with Gasteiger partial charge in [0.05, 0.1) is 0 Å². The number of amides is 2. The molecule has 0 bridgehead atoms. The molecule has 3 aliphatic carbocycles.